The third-order valence-corrected chi connectivity index (χ3v) is 6.79. The van der Waals surface area contributed by atoms with E-state index in [4.69, 9.17) is 4.74 Å². The van der Waals surface area contributed by atoms with Crippen LogP contribution in [0.4, 0.5) is 0 Å². The lowest BCUT2D eigenvalue weighted by atomic mass is 10.1. The molecule has 1 atom stereocenters. The molecule has 2 N–H and O–H groups in total. The van der Waals surface area contributed by atoms with Crippen molar-refractivity contribution in [1.29, 1.82) is 0 Å². The number of hydrogen-bond donors (Lipinski definition) is 2. The van der Waals surface area contributed by atoms with E-state index in [0.29, 0.717) is 18.1 Å². The fourth-order valence-electron chi connectivity index (χ4n) is 4.99. The summed E-state index contributed by atoms with van der Waals surface area (Å²) in [5, 5.41) is 6.93. The molecule has 1 heterocycles. The van der Waals surface area contributed by atoms with E-state index in [-0.39, 0.29) is 5.92 Å². The number of rotatable bonds is 8. The molecule has 6 nitrogen and oxygen atoms in total. The zero-order chi connectivity index (χ0) is 20.3. The van der Waals surface area contributed by atoms with E-state index in [1.807, 2.05) is 7.05 Å². The van der Waals surface area contributed by atoms with Gasteiger partial charge in [0.1, 0.15) is 0 Å². The lowest BCUT2D eigenvalue weighted by molar-refractivity contribution is -0.134. The summed E-state index contributed by atoms with van der Waals surface area (Å²) in [6.07, 6.45) is 16.2. The Morgan fingerprint density at radius 1 is 1.00 bits per heavy atom. The molecule has 0 aromatic heterocycles. The third kappa shape index (κ3) is 7.47. The lowest BCUT2D eigenvalue weighted by Gasteiger charge is -2.21. The second-order valence-electron chi connectivity index (χ2n) is 9.09. The van der Waals surface area contributed by atoms with E-state index in [0.717, 1.165) is 64.3 Å². The van der Waals surface area contributed by atoms with Gasteiger partial charge < -0.3 is 20.3 Å². The number of nitrogens with one attached hydrogen (secondary N) is 2. The monoisotopic (exact) mass is 406 g/mol. The maximum Gasteiger partial charge on any atom is 0.225 e. The van der Waals surface area contributed by atoms with Crippen LogP contribution in [0.5, 0.6) is 0 Å². The minimum Gasteiger partial charge on any atom is -0.378 e. The molecule has 0 spiro atoms. The van der Waals surface area contributed by atoms with E-state index in [2.05, 4.69) is 20.5 Å². The van der Waals surface area contributed by atoms with Crippen molar-refractivity contribution in [3.8, 4) is 0 Å². The molecule has 2 saturated carbocycles. The summed E-state index contributed by atoms with van der Waals surface area (Å²) in [5.74, 6) is 1.52. The molecular formula is C23H42N4O2. The van der Waals surface area contributed by atoms with Gasteiger partial charge in [0.25, 0.3) is 0 Å². The molecule has 2 aliphatic carbocycles. The topological polar surface area (TPSA) is 66.0 Å². The summed E-state index contributed by atoms with van der Waals surface area (Å²) >= 11 is 0. The molecule has 0 radical (unpaired) electrons. The van der Waals surface area contributed by atoms with Gasteiger partial charge in [0, 0.05) is 45.2 Å². The predicted octanol–water partition coefficient (Wildman–Crippen LogP) is 3.46. The van der Waals surface area contributed by atoms with Crippen LogP contribution in [0, 0.1) is 5.92 Å². The number of carbonyl (C=O) groups is 1. The van der Waals surface area contributed by atoms with Gasteiger partial charge in [-0.1, -0.05) is 38.5 Å². The van der Waals surface area contributed by atoms with Gasteiger partial charge in [0.05, 0.1) is 6.10 Å². The number of likely N-dealkylation sites (tertiary alicyclic amines) is 1. The Bertz CT molecular complexity index is 511. The number of unbranched alkanes of at least 4 members (excludes halogenated alkanes) is 1. The second kappa shape index (κ2) is 12.4. The highest BCUT2D eigenvalue weighted by Gasteiger charge is 2.32. The molecule has 0 aromatic rings. The van der Waals surface area contributed by atoms with Crippen LogP contribution in [-0.4, -0.2) is 62.2 Å². The van der Waals surface area contributed by atoms with E-state index in [1.165, 1.54) is 51.4 Å². The maximum absolute atomic E-state index is 12.6. The van der Waals surface area contributed by atoms with Crippen molar-refractivity contribution in [3.63, 3.8) is 0 Å². The SMILES string of the molecule is CN=C(NCCCCOC1CCCCCC1)NC1CCN(C(=O)C2CCCC2)C1. The lowest BCUT2D eigenvalue weighted by Crippen LogP contribution is -2.45. The van der Waals surface area contributed by atoms with Gasteiger partial charge in [-0.2, -0.15) is 0 Å². The van der Waals surface area contributed by atoms with Crippen molar-refractivity contribution in [2.75, 3.05) is 33.3 Å². The summed E-state index contributed by atoms with van der Waals surface area (Å²) in [6, 6.07) is 0.310. The molecule has 166 valence electrons. The summed E-state index contributed by atoms with van der Waals surface area (Å²) in [7, 11) is 1.82. The molecule has 0 aromatic carbocycles. The van der Waals surface area contributed by atoms with Gasteiger partial charge >= 0.3 is 0 Å². The highest BCUT2D eigenvalue weighted by atomic mass is 16.5. The average Bonchev–Trinajstić information content (AvgIpc) is 3.37. The molecule has 1 amide bonds. The second-order valence-corrected chi connectivity index (χ2v) is 9.09. The number of carbonyl (C=O) groups excluding carboxylic acids is 1. The standard InChI is InChI=1S/C23H42N4O2/c1-24-23(25-15-8-9-17-29-21-12-4-2-3-5-13-21)26-20-14-16-27(18-20)22(28)19-10-6-7-11-19/h19-21H,2-18H2,1H3,(H2,24,25,26). The van der Waals surface area contributed by atoms with Crippen LogP contribution >= 0.6 is 0 Å². The summed E-state index contributed by atoms with van der Waals surface area (Å²) in [6.45, 7) is 3.47. The number of hydrogen-bond acceptors (Lipinski definition) is 3. The Labute approximate surface area is 177 Å². The molecule has 6 heteroatoms. The molecule has 29 heavy (non-hydrogen) atoms. The highest BCUT2D eigenvalue weighted by Crippen LogP contribution is 2.27. The third-order valence-electron chi connectivity index (χ3n) is 6.79. The van der Waals surface area contributed by atoms with Crippen molar-refractivity contribution in [2.45, 2.75) is 95.6 Å². The summed E-state index contributed by atoms with van der Waals surface area (Å²) in [4.78, 5) is 19.0. The first-order chi connectivity index (χ1) is 14.3. The van der Waals surface area contributed by atoms with Gasteiger partial charge in [-0.15, -0.1) is 0 Å². The van der Waals surface area contributed by atoms with Crippen LogP contribution in [0.1, 0.15) is 83.5 Å². The van der Waals surface area contributed by atoms with Gasteiger partial charge in [-0.3, -0.25) is 9.79 Å². The van der Waals surface area contributed by atoms with Crippen molar-refractivity contribution >= 4 is 11.9 Å². The Morgan fingerprint density at radius 3 is 2.45 bits per heavy atom. The van der Waals surface area contributed by atoms with Crippen molar-refractivity contribution < 1.29 is 9.53 Å². The van der Waals surface area contributed by atoms with Crippen molar-refractivity contribution in [2.24, 2.45) is 10.9 Å². The van der Waals surface area contributed by atoms with Crippen LogP contribution < -0.4 is 10.6 Å². The first kappa shape index (κ1) is 22.4. The maximum atomic E-state index is 12.6. The number of guanidine groups is 1. The predicted molar refractivity (Wildman–Crippen MR) is 118 cm³/mol. The zero-order valence-electron chi connectivity index (χ0n) is 18.5. The quantitative estimate of drug-likeness (QED) is 0.280. The first-order valence-electron chi connectivity index (χ1n) is 12.1. The van der Waals surface area contributed by atoms with E-state index in [1.54, 1.807) is 0 Å². The van der Waals surface area contributed by atoms with Crippen LogP contribution in [0.3, 0.4) is 0 Å². The summed E-state index contributed by atoms with van der Waals surface area (Å²) < 4.78 is 6.07. The van der Waals surface area contributed by atoms with Crippen LogP contribution in [0.15, 0.2) is 4.99 Å². The Kier molecular flexibility index (Phi) is 9.58. The normalized spacial score (nSPS) is 24.7. The molecule has 0 bridgehead atoms. The fourth-order valence-corrected chi connectivity index (χ4v) is 4.99. The molecule has 1 aliphatic heterocycles. The van der Waals surface area contributed by atoms with Crippen molar-refractivity contribution in [3.05, 3.63) is 0 Å². The smallest absolute Gasteiger partial charge is 0.225 e. The zero-order valence-corrected chi connectivity index (χ0v) is 18.5. The van der Waals surface area contributed by atoms with Crippen LogP contribution in [0.2, 0.25) is 0 Å². The molecule has 3 rings (SSSR count). The van der Waals surface area contributed by atoms with E-state index in [9.17, 15) is 4.79 Å². The number of amides is 1. The van der Waals surface area contributed by atoms with Gasteiger partial charge in [-0.05, 0) is 44.9 Å². The Morgan fingerprint density at radius 2 is 1.72 bits per heavy atom. The molecular weight excluding hydrogens is 364 g/mol. The number of nitrogens with zero attached hydrogens (tertiary/aromatic N) is 2. The van der Waals surface area contributed by atoms with E-state index < -0.39 is 0 Å². The largest absolute Gasteiger partial charge is 0.378 e. The first-order valence-corrected chi connectivity index (χ1v) is 12.1. The summed E-state index contributed by atoms with van der Waals surface area (Å²) in [5.41, 5.74) is 0. The molecule has 3 fully saturated rings. The number of aliphatic imine (C=N–C) groups is 1. The average molecular weight is 407 g/mol. The van der Waals surface area contributed by atoms with E-state index >= 15 is 0 Å². The van der Waals surface area contributed by atoms with Crippen LogP contribution in [0.25, 0.3) is 0 Å². The molecule has 3 aliphatic rings. The Balaban J connectivity index is 1.25. The Hall–Kier alpha value is -1.30. The highest BCUT2D eigenvalue weighted by molar-refractivity contribution is 5.81. The molecule has 1 unspecified atom stereocenters. The van der Waals surface area contributed by atoms with Crippen LogP contribution in [-0.2, 0) is 9.53 Å². The van der Waals surface area contributed by atoms with Gasteiger partial charge in [0.15, 0.2) is 5.96 Å². The van der Waals surface area contributed by atoms with Crippen molar-refractivity contribution in [1.82, 2.24) is 15.5 Å². The minimum atomic E-state index is 0.284. The minimum absolute atomic E-state index is 0.284. The fraction of sp³-hybridized carbons (Fsp3) is 0.913. The van der Waals surface area contributed by atoms with Gasteiger partial charge in [0.2, 0.25) is 5.91 Å². The number of ether oxygens (including phenoxy) is 1. The van der Waals surface area contributed by atoms with Gasteiger partial charge in [-0.25, -0.2) is 0 Å². The molecule has 1 saturated heterocycles.